The molecule has 184 valence electrons. The molecule has 0 bridgehead atoms. The predicted octanol–water partition coefficient (Wildman–Crippen LogP) is 3.49. The van der Waals surface area contributed by atoms with Crippen molar-refractivity contribution < 1.29 is 27.1 Å². The van der Waals surface area contributed by atoms with Crippen LogP contribution < -0.4 is 14.9 Å². The molecule has 0 spiro atoms. The molecule has 0 saturated heterocycles. The van der Waals surface area contributed by atoms with Gasteiger partial charge in [0.15, 0.2) is 11.5 Å². The number of nitrogens with zero attached hydrogens (tertiary/aromatic N) is 2. The molecule has 0 aliphatic heterocycles. The van der Waals surface area contributed by atoms with E-state index < -0.39 is 28.3 Å². The molecule has 3 aromatic rings. The molecule has 8 nitrogen and oxygen atoms in total. The van der Waals surface area contributed by atoms with Crippen LogP contribution in [0.15, 0.2) is 76.7 Å². The Morgan fingerprint density at radius 2 is 1.74 bits per heavy atom. The number of sulfonamides is 1. The van der Waals surface area contributed by atoms with Gasteiger partial charge >= 0.3 is 0 Å². The molecule has 10 heteroatoms. The second-order valence-electron chi connectivity index (χ2n) is 7.55. The molecule has 0 heterocycles. The van der Waals surface area contributed by atoms with Crippen molar-refractivity contribution in [3.05, 3.63) is 89.2 Å². The summed E-state index contributed by atoms with van der Waals surface area (Å²) in [6.45, 7) is 0.928. The summed E-state index contributed by atoms with van der Waals surface area (Å²) in [5.41, 5.74) is 3.88. The molecule has 1 N–H and O–H groups in total. The van der Waals surface area contributed by atoms with Crippen LogP contribution in [0.5, 0.6) is 11.5 Å². The van der Waals surface area contributed by atoms with Gasteiger partial charge < -0.3 is 9.47 Å². The molecular weight excluding hydrogens is 473 g/mol. The van der Waals surface area contributed by atoms with E-state index in [-0.39, 0.29) is 17.0 Å². The number of benzene rings is 3. The lowest BCUT2D eigenvalue weighted by molar-refractivity contribution is -0.121. The lowest BCUT2D eigenvalue weighted by atomic mass is 10.2. The topological polar surface area (TPSA) is 97.3 Å². The first kappa shape index (κ1) is 25.9. The molecule has 3 rings (SSSR count). The first-order valence-corrected chi connectivity index (χ1v) is 12.0. The molecule has 0 aliphatic carbocycles. The van der Waals surface area contributed by atoms with Gasteiger partial charge in [-0.1, -0.05) is 42.0 Å². The number of ether oxygens (including phenoxy) is 2. The highest BCUT2D eigenvalue weighted by atomic mass is 32.2. The van der Waals surface area contributed by atoms with Crippen molar-refractivity contribution in [3.63, 3.8) is 0 Å². The molecule has 0 unspecified atom stereocenters. The lowest BCUT2D eigenvalue weighted by Gasteiger charge is -2.22. The van der Waals surface area contributed by atoms with Gasteiger partial charge in [-0.3, -0.25) is 4.79 Å². The van der Waals surface area contributed by atoms with Crippen molar-refractivity contribution in [1.82, 2.24) is 9.73 Å². The molecule has 0 saturated carbocycles. The summed E-state index contributed by atoms with van der Waals surface area (Å²) in [7, 11) is -1.13. The highest BCUT2D eigenvalue weighted by molar-refractivity contribution is 7.89. The third-order valence-electron chi connectivity index (χ3n) is 5.11. The number of methoxy groups -OCH3 is 2. The fourth-order valence-electron chi connectivity index (χ4n) is 3.28. The van der Waals surface area contributed by atoms with Crippen LogP contribution >= 0.6 is 0 Å². The van der Waals surface area contributed by atoms with Crippen molar-refractivity contribution >= 4 is 22.1 Å². The predicted molar refractivity (Wildman–Crippen MR) is 130 cm³/mol. The van der Waals surface area contributed by atoms with Gasteiger partial charge in [-0.15, -0.1) is 0 Å². The Morgan fingerprint density at radius 3 is 2.40 bits per heavy atom. The van der Waals surface area contributed by atoms with Crippen LogP contribution in [0.3, 0.4) is 0 Å². The summed E-state index contributed by atoms with van der Waals surface area (Å²) in [6.07, 6.45) is 1.36. The summed E-state index contributed by atoms with van der Waals surface area (Å²) in [6, 6.07) is 17.2. The third kappa shape index (κ3) is 6.43. The van der Waals surface area contributed by atoms with Crippen LogP contribution in [0.4, 0.5) is 4.39 Å². The van der Waals surface area contributed by atoms with Crippen molar-refractivity contribution in [2.75, 3.05) is 20.8 Å². The Balaban J connectivity index is 1.82. The fraction of sp³-hybridized carbons (Fsp3) is 0.200. The number of hydrazone groups is 1. The molecule has 1 amide bonds. The summed E-state index contributed by atoms with van der Waals surface area (Å²) >= 11 is 0. The average molecular weight is 500 g/mol. The Labute approximate surface area is 204 Å². The number of hydrogen-bond acceptors (Lipinski definition) is 6. The largest absolute Gasteiger partial charge is 0.493 e. The number of nitrogens with one attached hydrogen (secondary N) is 1. The Bertz CT molecular complexity index is 1310. The van der Waals surface area contributed by atoms with Crippen LogP contribution in [-0.2, 0) is 21.4 Å². The first-order chi connectivity index (χ1) is 16.8. The van der Waals surface area contributed by atoms with Crippen molar-refractivity contribution in [2.24, 2.45) is 5.10 Å². The number of carbonyl (C=O) groups excluding carboxylic acids is 1. The van der Waals surface area contributed by atoms with E-state index in [2.05, 4.69) is 10.5 Å². The zero-order chi connectivity index (χ0) is 25.4. The number of amides is 1. The van der Waals surface area contributed by atoms with Gasteiger partial charge in [-0.25, -0.2) is 18.2 Å². The Morgan fingerprint density at radius 1 is 1.03 bits per heavy atom. The SMILES string of the molecule is COc1cccc(/C=N/NC(=O)CN(Cc2ccccc2F)S(=O)(=O)c2ccc(C)cc2)c1OC. The van der Waals surface area contributed by atoms with Crippen LogP contribution in [0.2, 0.25) is 0 Å². The smallest absolute Gasteiger partial charge is 0.255 e. The van der Waals surface area contributed by atoms with Crippen LogP contribution in [0.25, 0.3) is 0 Å². The van der Waals surface area contributed by atoms with E-state index in [0.29, 0.717) is 17.1 Å². The molecule has 0 atom stereocenters. The molecule has 0 fully saturated rings. The van der Waals surface area contributed by atoms with E-state index >= 15 is 0 Å². The minimum atomic E-state index is -4.11. The second-order valence-corrected chi connectivity index (χ2v) is 9.49. The zero-order valence-electron chi connectivity index (χ0n) is 19.6. The van der Waals surface area contributed by atoms with E-state index in [1.165, 1.54) is 50.8 Å². The fourth-order valence-corrected chi connectivity index (χ4v) is 4.66. The van der Waals surface area contributed by atoms with E-state index in [1.54, 1.807) is 36.4 Å². The van der Waals surface area contributed by atoms with E-state index in [0.717, 1.165) is 9.87 Å². The summed E-state index contributed by atoms with van der Waals surface area (Å²) in [5.74, 6) is -0.352. The number of aryl methyl sites for hydroxylation is 1. The zero-order valence-corrected chi connectivity index (χ0v) is 20.4. The first-order valence-electron chi connectivity index (χ1n) is 10.6. The molecule has 0 radical (unpaired) electrons. The lowest BCUT2D eigenvalue weighted by Crippen LogP contribution is -2.39. The summed E-state index contributed by atoms with van der Waals surface area (Å²) in [5, 5.41) is 3.91. The average Bonchev–Trinajstić information content (AvgIpc) is 2.85. The van der Waals surface area contributed by atoms with Crippen LogP contribution in [-0.4, -0.2) is 45.6 Å². The minimum Gasteiger partial charge on any atom is -0.493 e. The molecular formula is C25H26FN3O5S. The van der Waals surface area contributed by atoms with Crippen molar-refractivity contribution in [2.45, 2.75) is 18.4 Å². The van der Waals surface area contributed by atoms with E-state index in [1.807, 2.05) is 6.92 Å². The number of rotatable bonds is 10. The third-order valence-corrected chi connectivity index (χ3v) is 6.92. The van der Waals surface area contributed by atoms with E-state index in [9.17, 15) is 17.6 Å². The van der Waals surface area contributed by atoms with Gasteiger partial charge in [0, 0.05) is 17.7 Å². The quantitative estimate of drug-likeness (QED) is 0.340. The standard InChI is InChI=1S/C25H26FN3O5S/c1-18-11-13-21(14-12-18)35(31,32)29(16-20-7-4-5-9-22(20)26)17-24(30)28-27-15-19-8-6-10-23(33-2)25(19)34-3/h4-15H,16-17H2,1-3H3,(H,28,30)/b27-15+. The van der Waals surface area contributed by atoms with Gasteiger partial charge in [0.05, 0.1) is 31.9 Å². The Hall–Kier alpha value is -3.76. The van der Waals surface area contributed by atoms with Crippen LogP contribution in [0, 0.1) is 12.7 Å². The number of carbonyl (C=O) groups is 1. The maximum absolute atomic E-state index is 14.3. The number of para-hydroxylation sites is 1. The maximum atomic E-state index is 14.3. The summed E-state index contributed by atoms with van der Waals surface area (Å²) in [4.78, 5) is 12.6. The highest BCUT2D eigenvalue weighted by Crippen LogP contribution is 2.29. The Kier molecular flexibility index (Phi) is 8.56. The van der Waals surface area contributed by atoms with E-state index in [4.69, 9.17) is 9.47 Å². The van der Waals surface area contributed by atoms with Gasteiger partial charge in [0.1, 0.15) is 5.82 Å². The maximum Gasteiger partial charge on any atom is 0.255 e. The second kappa shape index (κ2) is 11.6. The van der Waals surface area contributed by atoms with Gasteiger partial charge in [0.25, 0.3) is 5.91 Å². The van der Waals surface area contributed by atoms with Crippen molar-refractivity contribution in [1.29, 1.82) is 0 Å². The number of hydrogen-bond donors (Lipinski definition) is 1. The van der Waals surface area contributed by atoms with Crippen molar-refractivity contribution in [3.8, 4) is 11.5 Å². The molecule has 0 aromatic heterocycles. The minimum absolute atomic E-state index is 0.00291. The monoisotopic (exact) mass is 499 g/mol. The van der Waals surface area contributed by atoms with Crippen LogP contribution in [0.1, 0.15) is 16.7 Å². The summed E-state index contributed by atoms with van der Waals surface area (Å²) < 4.78 is 52.3. The molecule has 35 heavy (non-hydrogen) atoms. The van der Waals surface area contributed by atoms with Gasteiger partial charge in [0.2, 0.25) is 10.0 Å². The highest BCUT2D eigenvalue weighted by Gasteiger charge is 2.27. The van der Waals surface area contributed by atoms with Gasteiger partial charge in [-0.2, -0.15) is 9.41 Å². The van der Waals surface area contributed by atoms with Gasteiger partial charge in [-0.05, 0) is 37.3 Å². The molecule has 0 aliphatic rings. The normalized spacial score (nSPS) is 11.6. The molecule has 3 aromatic carbocycles. The number of halogens is 1.